The van der Waals surface area contributed by atoms with E-state index in [2.05, 4.69) is 10.1 Å². The van der Waals surface area contributed by atoms with Crippen LogP contribution in [0.1, 0.15) is 32.6 Å². The van der Waals surface area contributed by atoms with Gasteiger partial charge in [-0.25, -0.2) is 4.79 Å². The largest absolute Gasteiger partial charge is 0.467 e. The van der Waals surface area contributed by atoms with Crippen molar-refractivity contribution >= 4 is 5.97 Å². The van der Waals surface area contributed by atoms with Crippen molar-refractivity contribution in [3.05, 3.63) is 0 Å². The fraction of sp³-hybridized carbons (Fsp3) is 0.923. The molecule has 0 saturated heterocycles. The molecule has 0 amide bonds. The van der Waals surface area contributed by atoms with E-state index < -0.39 is 11.6 Å². The molecule has 0 aliphatic heterocycles. The average Bonchev–Trinajstić information content (AvgIpc) is 2.89. The van der Waals surface area contributed by atoms with Crippen LogP contribution in [-0.4, -0.2) is 36.9 Å². The zero-order valence-corrected chi connectivity index (χ0v) is 10.7. The number of hydrogen-bond donors (Lipinski definition) is 2. The smallest absolute Gasteiger partial charge is 0.338 e. The molecule has 0 radical (unpaired) electrons. The van der Waals surface area contributed by atoms with Crippen LogP contribution in [0.15, 0.2) is 0 Å². The highest BCUT2D eigenvalue weighted by atomic mass is 16.5. The van der Waals surface area contributed by atoms with Gasteiger partial charge in [0, 0.05) is 6.54 Å². The van der Waals surface area contributed by atoms with Crippen molar-refractivity contribution in [3.8, 4) is 0 Å². The minimum absolute atomic E-state index is 0.271. The lowest BCUT2D eigenvalue weighted by Crippen LogP contribution is -2.46. The molecular formula is C13H23NO3. The van der Waals surface area contributed by atoms with Gasteiger partial charge in [-0.3, -0.25) is 0 Å². The van der Waals surface area contributed by atoms with E-state index in [1.165, 1.54) is 39.7 Å². The molecule has 0 aromatic carbocycles. The van der Waals surface area contributed by atoms with Crippen LogP contribution in [0.2, 0.25) is 0 Å². The third-order valence-electron chi connectivity index (χ3n) is 4.39. The number of rotatable bonds is 5. The molecule has 2 aliphatic rings. The summed E-state index contributed by atoms with van der Waals surface area (Å²) in [6, 6.07) is 0. The van der Waals surface area contributed by atoms with Crippen LogP contribution in [0.4, 0.5) is 0 Å². The second-order valence-electron chi connectivity index (χ2n) is 5.83. The molecular weight excluding hydrogens is 218 g/mol. The Morgan fingerprint density at radius 1 is 1.47 bits per heavy atom. The Bertz CT molecular complexity index is 290. The van der Waals surface area contributed by atoms with Crippen molar-refractivity contribution in [2.75, 3.05) is 20.2 Å². The van der Waals surface area contributed by atoms with Gasteiger partial charge in [0.15, 0.2) is 5.60 Å². The molecule has 0 heterocycles. The van der Waals surface area contributed by atoms with Gasteiger partial charge in [0.05, 0.1) is 7.11 Å². The highest BCUT2D eigenvalue weighted by Crippen LogP contribution is 2.47. The SMILES string of the molecule is COC(=O)C(C)(O)CNCC1CC2CCC1C2. The molecule has 2 bridgehead atoms. The number of hydrogen-bond acceptors (Lipinski definition) is 4. The molecule has 2 saturated carbocycles. The van der Waals surface area contributed by atoms with E-state index in [0.717, 1.165) is 24.3 Å². The average molecular weight is 241 g/mol. The minimum atomic E-state index is -1.41. The van der Waals surface area contributed by atoms with Gasteiger partial charge in [0.25, 0.3) is 0 Å². The first-order valence-electron chi connectivity index (χ1n) is 6.54. The Labute approximate surface area is 103 Å². The maximum absolute atomic E-state index is 11.3. The Morgan fingerprint density at radius 3 is 2.76 bits per heavy atom. The van der Waals surface area contributed by atoms with Crippen LogP contribution >= 0.6 is 0 Å². The van der Waals surface area contributed by atoms with Crippen LogP contribution < -0.4 is 5.32 Å². The Balaban J connectivity index is 1.71. The maximum Gasteiger partial charge on any atom is 0.338 e. The van der Waals surface area contributed by atoms with Crippen LogP contribution in [0.3, 0.4) is 0 Å². The highest BCUT2D eigenvalue weighted by molar-refractivity contribution is 5.78. The molecule has 4 nitrogen and oxygen atoms in total. The zero-order valence-electron chi connectivity index (χ0n) is 10.7. The van der Waals surface area contributed by atoms with Gasteiger partial charge in [-0.05, 0) is 50.5 Å². The van der Waals surface area contributed by atoms with Crippen LogP contribution in [-0.2, 0) is 9.53 Å². The summed E-state index contributed by atoms with van der Waals surface area (Å²) in [6.07, 6.45) is 5.48. The van der Waals surface area contributed by atoms with Crippen LogP contribution in [0, 0.1) is 17.8 Å². The molecule has 4 atom stereocenters. The predicted octanol–water partition coefficient (Wildman–Crippen LogP) is 0.936. The number of nitrogens with one attached hydrogen (secondary N) is 1. The first-order chi connectivity index (χ1) is 8.03. The van der Waals surface area contributed by atoms with Crippen molar-refractivity contribution in [2.45, 2.75) is 38.2 Å². The predicted molar refractivity (Wildman–Crippen MR) is 64.4 cm³/mol. The zero-order chi connectivity index (χ0) is 12.5. The molecule has 0 spiro atoms. The normalized spacial score (nSPS) is 34.6. The topological polar surface area (TPSA) is 58.6 Å². The number of methoxy groups -OCH3 is 1. The van der Waals surface area contributed by atoms with Crippen LogP contribution in [0.25, 0.3) is 0 Å². The second-order valence-corrected chi connectivity index (χ2v) is 5.83. The van der Waals surface area contributed by atoms with Crippen molar-refractivity contribution in [2.24, 2.45) is 17.8 Å². The van der Waals surface area contributed by atoms with Crippen LogP contribution in [0.5, 0.6) is 0 Å². The monoisotopic (exact) mass is 241 g/mol. The Kier molecular flexibility index (Phi) is 3.73. The van der Waals surface area contributed by atoms with E-state index in [9.17, 15) is 9.90 Å². The summed E-state index contributed by atoms with van der Waals surface area (Å²) in [4.78, 5) is 11.3. The highest BCUT2D eigenvalue weighted by Gasteiger charge is 2.39. The third kappa shape index (κ3) is 2.80. The van der Waals surface area contributed by atoms with E-state index in [-0.39, 0.29) is 6.54 Å². The van der Waals surface area contributed by atoms with Gasteiger partial charge in [0.1, 0.15) is 0 Å². The van der Waals surface area contributed by atoms with Gasteiger partial charge < -0.3 is 15.2 Å². The molecule has 2 rings (SSSR count). The van der Waals surface area contributed by atoms with Gasteiger partial charge in [-0.1, -0.05) is 6.42 Å². The fourth-order valence-corrected chi connectivity index (χ4v) is 3.42. The number of esters is 1. The summed E-state index contributed by atoms with van der Waals surface area (Å²) in [5.41, 5.74) is -1.41. The van der Waals surface area contributed by atoms with E-state index in [1.54, 1.807) is 0 Å². The summed E-state index contributed by atoms with van der Waals surface area (Å²) in [7, 11) is 1.30. The summed E-state index contributed by atoms with van der Waals surface area (Å²) in [5.74, 6) is 1.98. The molecule has 2 aliphatic carbocycles. The first kappa shape index (κ1) is 12.8. The van der Waals surface area contributed by atoms with E-state index in [0.29, 0.717) is 0 Å². The number of ether oxygens (including phenoxy) is 1. The summed E-state index contributed by atoms with van der Waals surface area (Å²) >= 11 is 0. The Hall–Kier alpha value is -0.610. The van der Waals surface area contributed by atoms with Gasteiger partial charge >= 0.3 is 5.97 Å². The second kappa shape index (κ2) is 4.94. The molecule has 0 aromatic rings. The van der Waals surface area contributed by atoms with E-state index >= 15 is 0 Å². The first-order valence-corrected chi connectivity index (χ1v) is 6.54. The van der Waals surface area contributed by atoms with Gasteiger partial charge in [0.2, 0.25) is 0 Å². The van der Waals surface area contributed by atoms with Crippen molar-refractivity contribution in [3.63, 3.8) is 0 Å². The van der Waals surface area contributed by atoms with E-state index in [4.69, 9.17) is 0 Å². The molecule has 0 aromatic heterocycles. The molecule has 98 valence electrons. The number of aliphatic hydroxyl groups is 1. The van der Waals surface area contributed by atoms with Gasteiger partial charge in [-0.15, -0.1) is 0 Å². The lowest BCUT2D eigenvalue weighted by atomic mass is 9.89. The lowest BCUT2D eigenvalue weighted by Gasteiger charge is -2.25. The van der Waals surface area contributed by atoms with Crippen molar-refractivity contribution < 1.29 is 14.6 Å². The van der Waals surface area contributed by atoms with E-state index in [1.807, 2.05) is 0 Å². The van der Waals surface area contributed by atoms with Gasteiger partial charge in [-0.2, -0.15) is 0 Å². The molecule has 17 heavy (non-hydrogen) atoms. The third-order valence-corrected chi connectivity index (χ3v) is 4.39. The summed E-state index contributed by atoms with van der Waals surface area (Å²) in [5, 5.41) is 13.1. The number of carbonyl (C=O) groups is 1. The molecule has 2 fully saturated rings. The molecule has 4 heteroatoms. The quantitative estimate of drug-likeness (QED) is 0.703. The standard InChI is InChI=1S/C13H23NO3/c1-13(16,12(15)17-2)8-14-7-11-6-9-3-4-10(11)5-9/h9-11,14,16H,3-8H2,1-2H3. The van der Waals surface area contributed by atoms with Crippen molar-refractivity contribution in [1.29, 1.82) is 0 Å². The maximum atomic E-state index is 11.3. The number of fused-ring (bicyclic) bond motifs is 2. The number of carbonyl (C=O) groups excluding carboxylic acids is 1. The summed E-state index contributed by atoms with van der Waals surface area (Å²) < 4.78 is 4.56. The molecule has 2 N–H and O–H groups in total. The minimum Gasteiger partial charge on any atom is -0.467 e. The summed E-state index contributed by atoms with van der Waals surface area (Å²) in [6.45, 7) is 2.68. The lowest BCUT2D eigenvalue weighted by molar-refractivity contribution is -0.159. The van der Waals surface area contributed by atoms with Crippen molar-refractivity contribution in [1.82, 2.24) is 5.32 Å². The Morgan fingerprint density at radius 2 is 2.24 bits per heavy atom. The molecule has 4 unspecified atom stereocenters. The fourth-order valence-electron chi connectivity index (χ4n) is 3.42.